The van der Waals surface area contributed by atoms with Gasteiger partial charge in [-0.05, 0) is 24.6 Å². The standard InChI is InChI=1S/C21H23FN2O4S/c1-4-28-10-9-24-16-12-17(26-2)18(27-3)13-19(16)29-21(24)23-20(25)11-14-5-7-15(22)8-6-14/h5-8,12-13H,4,9-11H2,1-3H3. The Kier molecular flexibility index (Phi) is 7.00. The first-order valence-corrected chi connectivity index (χ1v) is 10.0. The Labute approximate surface area is 172 Å². The molecule has 0 spiro atoms. The number of fused-ring (bicyclic) bond motifs is 1. The fourth-order valence-corrected chi connectivity index (χ4v) is 4.00. The topological polar surface area (TPSA) is 62.1 Å². The Balaban J connectivity index is 2.01. The molecule has 0 saturated carbocycles. The van der Waals surface area contributed by atoms with E-state index >= 15 is 0 Å². The summed E-state index contributed by atoms with van der Waals surface area (Å²) in [6.07, 6.45) is 0.104. The fraction of sp³-hybridized carbons (Fsp3) is 0.333. The van der Waals surface area contributed by atoms with Crippen LogP contribution >= 0.6 is 11.3 Å². The Morgan fingerprint density at radius 2 is 1.83 bits per heavy atom. The molecule has 0 saturated heterocycles. The zero-order valence-electron chi connectivity index (χ0n) is 16.6. The predicted molar refractivity (Wildman–Crippen MR) is 110 cm³/mol. The quantitative estimate of drug-likeness (QED) is 0.525. The average Bonchev–Trinajstić information content (AvgIpc) is 3.04. The van der Waals surface area contributed by atoms with Crippen molar-refractivity contribution in [2.45, 2.75) is 19.9 Å². The number of thiazole rings is 1. The maximum atomic E-state index is 13.1. The lowest BCUT2D eigenvalue weighted by Crippen LogP contribution is -2.20. The minimum Gasteiger partial charge on any atom is -0.493 e. The molecule has 1 aromatic heterocycles. The zero-order valence-corrected chi connectivity index (χ0v) is 17.4. The van der Waals surface area contributed by atoms with Gasteiger partial charge in [-0.3, -0.25) is 4.79 Å². The first kappa shape index (κ1) is 21.0. The van der Waals surface area contributed by atoms with Crippen LogP contribution in [0.25, 0.3) is 10.2 Å². The summed E-state index contributed by atoms with van der Waals surface area (Å²) in [5.41, 5.74) is 1.60. The van der Waals surface area contributed by atoms with Gasteiger partial charge in [0.2, 0.25) is 0 Å². The van der Waals surface area contributed by atoms with Crippen molar-refractivity contribution >= 4 is 27.5 Å². The molecule has 1 amide bonds. The number of nitrogens with zero attached hydrogens (tertiary/aromatic N) is 2. The van der Waals surface area contributed by atoms with Crippen molar-refractivity contribution in [2.75, 3.05) is 27.4 Å². The van der Waals surface area contributed by atoms with Gasteiger partial charge >= 0.3 is 0 Å². The first-order chi connectivity index (χ1) is 14.0. The molecule has 0 fully saturated rings. The second-order valence-corrected chi connectivity index (χ2v) is 7.23. The number of halogens is 1. The van der Waals surface area contributed by atoms with Gasteiger partial charge in [-0.2, -0.15) is 4.99 Å². The monoisotopic (exact) mass is 418 g/mol. The van der Waals surface area contributed by atoms with Crippen molar-refractivity contribution in [3.63, 3.8) is 0 Å². The van der Waals surface area contributed by atoms with Gasteiger partial charge in [-0.25, -0.2) is 4.39 Å². The van der Waals surface area contributed by atoms with Gasteiger partial charge in [0, 0.05) is 25.3 Å². The van der Waals surface area contributed by atoms with Crippen LogP contribution in [-0.2, 0) is 22.5 Å². The summed E-state index contributed by atoms with van der Waals surface area (Å²) in [5.74, 6) is 0.584. The number of hydrogen-bond donors (Lipinski definition) is 0. The van der Waals surface area contributed by atoms with Crippen molar-refractivity contribution in [3.05, 3.63) is 52.6 Å². The molecule has 0 unspecified atom stereocenters. The van der Waals surface area contributed by atoms with Crippen molar-refractivity contribution in [3.8, 4) is 11.5 Å². The van der Waals surface area contributed by atoms with E-state index in [1.54, 1.807) is 26.4 Å². The van der Waals surface area contributed by atoms with Crippen LogP contribution in [0.1, 0.15) is 12.5 Å². The third kappa shape index (κ3) is 5.02. The molecule has 29 heavy (non-hydrogen) atoms. The molecule has 1 heterocycles. The number of amides is 1. The van der Waals surface area contributed by atoms with Crippen molar-refractivity contribution < 1.29 is 23.4 Å². The maximum Gasteiger partial charge on any atom is 0.252 e. The van der Waals surface area contributed by atoms with Crippen LogP contribution in [0.3, 0.4) is 0 Å². The summed E-state index contributed by atoms with van der Waals surface area (Å²) in [7, 11) is 3.16. The summed E-state index contributed by atoms with van der Waals surface area (Å²) < 4.78 is 32.2. The van der Waals surface area contributed by atoms with Gasteiger partial charge in [0.05, 0.1) is 37.5 Å². The smallest absolute Gasteiger partial charge is 0.252 e. The number of aromatic nitrogens is 1. The van der Waals surface area contributed by atoms with E-state index in [4.69, 9.17) is 14.2 Å². The Morgan fingerprint density at radius 1 is 1.14 bits per heavy atom. The normalized spacial score (nSPS) is 11.8. The Hall–Kier alpha value is -2.71. The van der Waals surface area contributed by atoms with Gasteiger partial charge in [-0.1, -0.05) is 23.5 Å². The summed E-state index contributed by atoms with van der Waals surface area (Å²) in [6.45, 7) is 3.58. The number of carbonyl (C=O) groups excluding carboxylic acids is 1. The van der Waals surface area contributed by atoms with E-state index < -0.39 is 0 Å². The highest BCUT2D eigenvalue weighted by molar-refractivity contribution is 7.16. The largest absolute Gasteiger partial charge is 0.493 e. The van der Waals surface area contributed by atoms with E-state index in [0.29, 0.717) is 41.6 Å². The number of carbonyl (C=O) groups is 1. The second-order valence-electron chi connectivity index (χ2n) is 6.22. The summed E-state index contributed by atoms with van der Waals surface area (Å²) in [6, 6.07) is 9.60. The predicted octanol–water partition coefficient (Wildman–Crippen LogP) is 3.57. The van der Waals surface area contributed by atoms with Gasteiger partial charge in [-0.15, -0.1) is 0 Å². The lowest BCUT2D eigenvalue weighted by atomic mass is 10.1. The summed E-state index contributed by atoms with van der Waals surface area (Å²) in [5, 5.41) is 0. The molecule has 0 atom stereocenters. The highest BCUT2D eigenvalue weighted by atomic mass is 32.1. The number of hydrogen-bond acceptors (Lipinski definition) is 5. The number of benzene rings is 2. The molecular weight excluding hydrogens is 395 g/mol. The summed E-state index contributed by atoms with van der Waals surface area (Å²) >= 11 is 1.40. The van der Waals surface area contributed by atoms with Gasteiger partial charge in [0.1, 0.15) is 5.82 Å². The lowest BCUT2D eigenvalue weighted by Gasteiger charge is -2.09. The van der Waals surface area contributed by atoms with Crippen LogP contribution in [0.2, 0.25) is 0 Å². The van der Waals surface area contributed by atoms with E-state index in [2.05, 4.69) is 4.99 Å². The Morgan fingerprint density at radius 3 is 2.48 bits per heavy atom. The minimum absolute atomic E-state index is 0.104. The highest BCUT2D eigenvalue weighted by Crippen LogP contribution is 2.33. The second kappa shape index (κ2) is 9.67. The van der Waals surface area contributed by atoms with Crippen LogP contribution in [0.15, 0.2) is 41.4 Å². The molecule has 2 aromatic carbocycles. The molecule has 3 aromatic rings. The molecular formula is C21H23FN2O4S. The van der Waals surface area contributed by atoms with Gasteiger partial charge in [0.15, 0.2) is 16.3 Å². The molecule has 0 bridgehead atoms. The number of rotatable bonds is 8. The highest BCUT2D eigenvalue weighted by Gasteiger charge is 2.13. The SMILES string of the molecule is CCOCCn1c(=NC(=O)Cc2ccc(F)cc2)sc2cc(OC)c(OC)cc21. The van der Waals surface area contributed by atoms with Gasteiger partial charge < -0.3 is 18.8 Å². The zero-order chi connectivity index (χ0) is 20.8. The van der Waals surface area contributed by atoms with Crippen LogP contribution in [-0.4, -0.2) is 37.9 Å². The minimum atomic E-state index is -0.334. The molecule has 0 aliphatic carbocycles. The van der Waals surface area contributed by atoms with E-state index in [-0.39, 0.29) is 18.1 Å². The molecule has 8 heteroatoms. The maximum absolute atomic E-state index is 13.1. The molecule has 0 N–H and O–H groups in total. The number of methoxy groups -OCH3 is 2. The van der Waals surface area contributed by atoms with Crippen LogP contribution in [0, 0.1) is 5.82 Å². The van der Waals surface area contributed by atoms with Gasteiger partial charge in [0.25, 0.3) is 5.91 Å². The molecule has 154 valence electrons. The molecule has 6 nitrogen and oxygen atoms in total. The molecule has 0 aliphatic rings. The van der Waals surface area contributed by atoms with Crippen LogP contribution < -0.4 is 14.3 Å². The fourth-order valence-electron chi connectivity index (χ4n) is 2.92. The third-order valence-corrected chi connectivity index (χ3v) is 5.38. The summed E-state index contributed by atoms with van der Waals surface area (Å²) in [4.78, 5) is 17.4. The third-order valence-electron chi connectivity index (χ3n) is 4.34. The van der Waals surface area contributed by atoms with Crippen LogP contribution in [0.5, 0.6) is 11.5 Å². The van der Waals surface area contributed by atoms with Crippen molar-refractivity contribution in [1.82, 2.24) is 4.57 Å². The van der Waals surface area contributed by atoms with Crippen LogP contribution in [0.4, 0.5) is 4.39 Å². The molecule has 3 rings (SSSR count). The first-order valence-electron chi connectivity index (χ1n) is 9.20. The van der Waals surface area contributed by atoms with E-state index in [1.807, 2.05) is 23.6 Å². The molecule has 0 radical (unpaired) electrons. The van der Waals surface area contributed by atoms with E-state index in [9.17, 15) is 9.18 Å². The molecule has 0 aliphatic heterocycles. The van der Waals surface area contributed by atoms with E-state index in [0.717, 1.165) is 10.2 Å². The average molecular weight is 418 g/mol. The van der Waals surface area contributed by atoms with E-state index in [1.165, 1.54) is 23.5 Å². The van der Waals surface area contributed by atoms with Crippen molar-refractivity contribution in [1.29, 1.82) is 0 Å². The lowest BCUT2D eigenvalue weighted by molar-refractivity contribution is -0.117. The van der Waals surface area contributed by atoms with Crippen molar-refractivity contribution in [2.24, 2.45) is 4.99 Å². The Bertz CT molecular complexity index is 1060. The number of ether oxygens (including phenoxy) is 3.